The molecule has 15 nitrogen and oxygen atoms in total. The van der Waals surface area contributed by atoms with Crippen molar-refractivity contribution in [2.75, 3.05) is 10.6 Å². The maximum atomic E-state index is 11.9. The van der Waals surface area contributed by atoms with Gasteiger partial charge in [-0.2, -0.15) is 31.8 Å². The molecule has 4 rings (SSSR count). The summed E-state index contributed by atoms with van der Waals surface area (Å²) in [5, 5.41) is 27.8. The van der Waals surface area contributed by atoms with E-state index in [0.29, 0.717) is 12.0 Å². The number of nitrogens with one attached hydrogen (secondary N) is 2. The Hall–Kier alpha value is -3.33. The number of hydrogen-bond acceptors (Lipinski definition) is 14. The highest BCUT2D eigenvalue weighted by Crippen LogP contribution is 2.39. The van der Waals surface area contributed by atoms with Gasteiger partial charge in [0.25, 0.3) is 20.2 Å². The highest BCUT2D eigenvalue weighted by molar-refractivity contribution is 7.94. The molecule has 0 bridgehead atoms. The van der Waals surface area contributed by atoms with E-state index < -0.39 is 30.0 Å². The first kappa shape index (κ1) is 27.7. The van der Waals surface area contributed by atoms with Crippen LogP contribution >= 0.6 is 23.6 Å². The maximum Gasteiger partial charge on any atom is 0.294 e. The molecule has 0 unspecified atom stereocenters. The zero-order chi connectivity index (χ0) is 27.7. The fraction of sp³-hybridized carbons (Fsp3) is 0. The molecule has 0 aliphatic heterocycles. The molecule has 3 aromatic carbocycles. The fourth-order valence-electron chi connectivity index (χ4n) is 3.23. The van der Waals surface area contributed by atoms with Crippen molar-refractivity contribution in [3.63, 3.8) is 0 Å². The van der Waals surface area contributed by atoms with Crippen molar-refractivity contribution in [2.24, 2.45) is 0 Å². The van der Waals surface area contributed by atoms with Crippen molar-refractivity contribution in [2.45, 2.75) is 14.7 Å². The van der Waals surface area contributed by atoms with Gasteiger partial charge >= 0.3 is 0 Å². The Bertz CT molecular complexity index is 1760. The molecule has 0 saturated heterocycles. The molecule has 200 valence electrons. The minimum atomic E-state index is -4.71. The number of anilines is 4. The average Bonchev–Trinajstić information content (AvgIpc) is 2.81. The van der Waals surface area contributed by atoms with E-state index in [-0.39, 0.29) is 50.0 Å². The summed E-state index contributed by atoms with van der Waals surface area (Å²) in [5.74, 6) is -0.766. The third kappa shape index (κ3) is 6.56. The van der Waals surface area contributed by atoms with Crippen molar-refractivity contribution < 1.29 is 45.7 Å². The van der Waals surface area contributed by atoms with Crippen LogP contribution in [-0.2, 0) is 29.6 Å². The number of hydrogen-bond donors (Lipinski definition) is 6. The Kier molecular flexibility index (Phi) is 7.88. The predicted octanol–water partition coefficient (Wildman–Crippen LogP) is 3.79. The second-order valence-electron chi connectivity index (χ2n) is 7.22. The lowest BCUT2D eigenvalue weighted by atomic mass is 10.1. The Morgan fingerprint density at radius 1 is 0.868 bits per heavy atom. The van der Waals surface area contributed by atoms with Crippen LogP contribution < -0.4 is 10.6 Å². The summed E-state index contributed by atoms with van der Waals surface area (Å²) in [6, 6.07) is 9.78. The van der Waals surface area contributed by atoms with Crippen LogP contribution in [0, 0.1) is 0 Å². The lowest BCUT2D eigenvalue weighted by Gasteiger charge is -2.14. The van der Waals surface area contributed by atoms with E-state index in [9.17, 15) is 31.0 Å². The standard InChI is InChI=1S/C19H14ClN5O10S3/c20-17-23-18(21-10-2-1-3-12(6-10)37(28,29)30)25-19(24-17)22-14-8-13(38(31,32)33)5-9-4-11(36-35-34-27)7-15(26)16(9)14/h1-8,26-27H,(H,28,29,30)(H,31,32,33)(H2,21,22,23,24,25). The van der Waals surface area contributed by atoms with Gasteiger partial charge in [-0.05, 0) is 59.5 Å². The Morgan fingerprint density at radius 2 is 1.55 bits per heavy atom. The highest BCUT2D eigenvalue weighted by Gasteiger charge is 2.19. The molecule has 0 aliphatic carbocycles. The van der Waals surface area contributed by atoms with Crippen molar-refractivity contribution in [1.82, 2.24) is 15.0 Å². The van der Waals surface area contributed by atoms with Gasteiger partial charge in [-0.3, -0.25) is 9.11 Å². The lowest BCUT2D eigenvalue weighted by Crippen LogP contribution is -2.06. The average molecular weight is 604 g/mol. The van der Waals surface area contributed by atoms with E-state index >= 15 is 0 Å². The molecule has 0 amide bonds. The van der Waals surface area contributed by atoms with Gasteiger partial charge in [0.15, 0.2) is 0 Å². The van der Waals surface area contributed by atoms with E-state index in [2.05, 4.69) is 35.0 Å². The number of aromatic hydroxyl groups is 1. The molecule has 6 N–H and O–H groups in total. The van der Waals surface area contributed by atoms with Gasteiger partial charge in [-0.25, -0.2) is 5.26 Å². The normalized spacial score (nSPS) is 12.0. The smallest absolute Gasteiger partial charge is 0.294 e. The first-order valence-corrected chi connectivity index (χ1v) is 13.8. The monoisotopic (exact) mass is 603 g/mol. The number of benzene rings is 3. The van der Waals surface area contributed by atoms with E-state index in [4.69, 9.17) is 16.9 Å². The maximum absolute atomic E-state index is 11.9. The van der Waals surface area contributed by atoms with Gasteiger partial charge < -0.3 is 15.7 Å². The minimum absolute atomic E-state index is 0.0647. The summed E-state index contributed by atoms with van der Waals surface area (Å²) in [5.41, 5.74) is 0.106. The molecule has 0 radical (unpaired) electrons. The van der Waals surface area contributed by atoms with Gasteiger partial charge in [-0.1, -0.05) is 11.1 Å². The van der Waals surface area contributed by atoms with Crippen molar-refractivity contribution in [3.05, 3.63) is 53.8 Å². The Balaban J connectivity index is 1.76. The van der Waals surface area contributed by atoms with Crippen molar-refractivity contribution >= 4 is 77.9 Å². The first-order chi connectivity index (χ1) is 17.8. The summed E-state index contributed by atoms with van der Waals surface area (Å²) in [7, 11) is -9.19. The van der Waals surface area contributed by atoms with Gasteiger partial charge in [0.1, 0.15) is 5.75 Å². The molecule has 38 heavy (non-hydrogen) atoms. The summed E-state index contributed by atoms with van der Waals surface area (Å²) >= 11 is 6.50. The number of phenols is 1. The van der Waals surface area contributed by atoms with E-state index in [0.717, 1.165) is 18.2 Å². The lowest BCUT2D eigenvalue weighted by molar-refractivity contribution is -0.432. The fourth-order valence-corrected chi connectivity index (χ4v) is 4.91. The zero-order valence-corrected chi connectivity index (χ0v) is 21.5. The SMILES string of the molecule is O=S(=O)(O)c1cccc(Nc2nc(Cl)nc(Nc3cc(S(=O)(=O)O)cc4cc(SOOO)cc(O)c34)n2)c1. The number of nitrogens with zero attached hydrogens (tertiary/aromatic N) is 3. The van der Waals surface area contributed by atoms with Crippen LogP contribution in [0.3, 0.4) is 0 Å². The molecule has 0 saturated carbocycles. The number of aromatic nitrogens is 3. The second kappa shape index (κ2) is 10.8. The topological polar surface area (TPSA) is 230 Å². The Morgan fingerprint density at radius 3 is 2.21 bits per heavy atom. The molecular weight excluding hydrogens is 590 g/mol. The summed E-state index contributed by atoms with van der Waals surface area (Å²) in [6.45, 7) is 0. The third-order valence-corrected chi connectivity index (χ3v) is 7.08. The van der Waals surface area contributed by atoms with Gasteiger partial charge in [0, 0.05) is 16.0 Å². The predicted molar refractivity (Wildman–Crippen MR) is 134 cm³/mol. The van der Waals surface area contributed by atoms with Gasteiger partial charge in [0.05, 0.1) is 27.5 Å². The first-order valence-electron chi connectivity index (χ1n) is 9.80. The van der Waals surface area contributed by atoms with Gasteiger partial charge in [-0.15, -0.1) is 4.33 Å². The largest absolute Gasteiger partial charge is 0.507 e. The van der Waals surface area contributed by atoms with Crippen LogP contribution in [0.4, 0.5) is 23.3 Å². The third-order valence-electron chi connectivity index (χ3n) is 4.68. The van der Waals surface area contributed by atoms with Crippen LogP contribution in [0.5, 0.6) is 5.75 Å². The molecule has 0 spiro atoms. The van der Waals surface area contributed by atoms with Crippen molar-refractivity contribution in [1.29, 1.82) is 0 Å². The van der Waals surface area contributed by atoms with E-state index in [1.54, 1.807) is 0 Å². The minimum Gasteiger partial charge on any atom is -0.507 e. The number of fused-ring (bicyclic) bond motifs is 1. The molecule has 0 fully saturated rings. The van der Waals surface area contributed by atoms with E-state index in [1.807, 2.05) is 0 Å². The molecule has 1 heterocycles. The summed E-state index contributed by atoms with van der Waals surface area (Å²) in [4.78, 5) is 11.2. The summed E-state index contributed by atoms with van der Waals surface area (Å²) in [6.07, 6.45) is 0. The molecule has 1 aromatic heterocycles. The van der Waals surface area contributed by atoms with Crippen molar-refractivity contribution in [3.8, 4) is 5.75 Å². The molecule has 19 heteroatoms. The van der Waals surface area contributed by atoms with Crippen LogP contribution in [0.1, 0.15) is 0 Å². The Labute approximate surface area is 223 Å². The van der Waals surface area contributed by atoms with Crippen LogP contribution in [0.15, 0.2) is 63.2 Å². The van der Waals surface area contributed by atoms with Crippen LogP contribution in [0.25, 0.3) is 10.8 Å². The second-order valence-corrected chi connectivity index (χ2v) is 11.2. The molecule has 0 atom stereocenters. The summed E-state index contributed by atoms with van der Waals surface area (Å²) < 4.78 is 69.8. The quantitative estimate of drug-likeness (QED) is 0.0691. The van der Waals surface area contributed by atoms with Crippen LogP contribution in [-0.4, -0.2) is 51.3 Å². The van der Waals surface area contributed by atoms with Gasteiger partial charge in [0.2, 0.25) is 17.2 Å². The number of phenolic OH excluding ortho intramolecular Hbond substituents is 1. The van der Waals surface area contributed by atoms with E-state index in [1.165, 1.54) is 30.3 Å². The zero-order valence-electron chi connectivity index (χ0n) is 18.3. The van der Waals surface area contributed by atoms with Crippen LogP contribution in [0.2, 0.25) is 5.28 Å². The highest BCUT2D eigenvalue weighted by atomic mass is 35.5. The number of rotatable bonds is 9. The molecular formula is C19H14ClN5O10S3. The molecule has 0 aliphatic rings. The number of halogens is 1. The molecule has 4 aromatic rings.